The first-order valence-electron chi connectivity index (χ1n) is 6.49. The maximum absolute atomic E-state index is 11.7. The van der Waals surface area contributed by atoms with Crippen molar-refractivity contribution in [1.82, 2.24) is 9.78 Å². The largest absolute Gasteiger partial charge is 0.466 e. The molecule has 0 radical (unpaired) electrons. The summed E-state index contributed by atoms with van der Waals surface area (Å²) in [6.45, 7) is 6.09. The second kappa shape index (κ2) is 6.22. The number of hydrogen-bond acceptors (Lipinski definition) is 3. The van der Waals surface area contributed by atoms with E-state index in [1.165, 1.54) is 0 Å². The lowest BCUT2D eigenvalue weighted by Crippen LogP contribution is -2.09. The van der Waals surface area contributed by atoms with E-state index in [4.69, 9.17) is 4.74 Å². The van der Waals surface area contributed by atoms with E-state index in [0.717, 1.165) is 27.1 Å². The zero-order chi connectivity index (χ0) is 14.7. The fourth-order valence-corrected chi connectivity index (χ4v) is 2.53. The van der Waals surface area contributed by atoms with E-state index < -0.39 is 0 Å². The van der Waals surface area contributed by atoms with Crippen LogP contribution in [-0.4, -0.2) is 22.4 Å². The molecule has 0 bridgehead atoms. The zero-order valence-electron chi connectivity index (χ0n) is 11.8. The van der Waals surface area contributed by atoms with Gasteiger partial charge in [-0.25, -0.2) is 4.68 Å². The Labute approximate surface area is 126 Å². The Balaban J connectivity index is 2.36. The van der Waals surface area contributed by atoms with Gasteiger partial charge in [0.25, 0.3) is 0 Å². The van der Waals surface area contributed by atoms with Crippen molar-refractivity contribution in [2.45, 2.75) is 27.2 Å². The van der Waals surface area contributed by atoms with E-state index in [1.807, 2.05) is 49.7 Å². The highest BCUT2D eigenvalue weighted by Gasteiger charge is 2.16. The molecule has 20 heavy (non-hydrogen) atoms. The molecule has 0 aliphatic carbocycles. The van der Waals surface area contributed by atoms with Crippen molar-refractivity contribution in [3.63, 3.8) is 0 Å². The molecule has 0 aliphatic rings. The quantitative estimate of drug-likeness (QED) is 0.804. The van der Waals surface area contributed by atoms with Gasteiger partial charge in [-0.15, -0.1) is 0 Å². The summed E-state index contributed by atoms with van der Waals surface area (Å²) in [6, 6.07) is 7.90. The topological polar surface area (TPSA) is 44.1 Å². The highest BCUT2D eigenvalue weighted by atomic mass is 79.9. The van der Waals surface area contributed by atoms with Gasteiger partial charge in [-0.05, 0) is 39.0 Å². The van der Waals surface area contributed by atoms with Crippen molar-refractivity contribution in [2.24, 2.45) is 0 Å². The molecule has 0 amide bonds. The highest BCUT2D eigenvalue weighted by molar-refractivity contribution is 9.10. The van der Waals surface area contributed by atoms with Crippen molar-refractivity contribution >= 4 is 21.9 Å². The van der Waals surface area contributed by atoms with Gasteiger partial charge in [-0.1, -0.05) is 22.0 Å². The van der Waals surface area contributed by atoms with Gasteiger partial charge in [0.1, 0.15) is 0 Å². The van der Waals surface area contributed by atoms with Crippen molar-refractivity contribution in [3.05, 3.63) is 45.7 Å². The number of carbonyl (C=O) groups is 1. The Bertz CT molecular complexity index is 635. The van der Waals surface area contributed by atoms with Gasteiger partial charge in [-0.2, -0.15) is 5.10 Å². The highest BCUT2D eigenvalue weighted by Crippen LogP contribution is 2.21. The third kappa shape index (κ3) is 3.10. The number of nitrogens with zero attached hydrogens (tertiary/aromatic N) is 2. The standard InChI is InChI=1S/C15H17BrN2O2/c1-4-20-15(19)9-14-10(2)17-18(11(14)3)13-7-5-6-12(16)8-13/h5-8H,4,9H2,1-3H3. The molecule has 0 aliphatic heterocycles. The van der Waals surface area contributed by atoms with Gasteiger partial charge in [0.05, 0.1) is 24.4 Å². The number of esters is 1. The van der Waals surface area contributed by atoms with Crippen LogP contribution in [0.25, 0.3) is 5.69 Å². The molecule has 0 saturated heterocycles. The molecule has 0 N–H and O–H groups in total. The molecule has 0 unspecified atom stereocenters. The Morgan fingerprint density at radius 3 is 2.80 bits per heavy atom. The predicted octanol–water partition coefficient (Wildman–Crippen LogP) is 3.36. The Kier molecular flexibility index (Phi) is 4.60. The number of halogens is 1. The van der Waals surface area contributed by atoms with Crippen LogP contribution in [0.4, 0.5) is 0 Å². The average Bonchev–Trinajstić information content (AvgIpc) is 2.67. The average molecular weight is 337 g/mol. The fraction of sp³-hybridized carbons (Fsp3) is 0.333. The number of aromatic nitrogens is 2. The van der Waals surface area contributed by atoms with E-state index in [-0.39, 0.29) is 12.4 Å². The van der Waals surface area contributed by atoms with E-state index >= 15 is 0 Å². The van der Waals surface area contributed by atoms with Crippen LogP contribution in [-0.2, 0) is 16.0 Å². The molecule has 5 heteroatoms. The molecule has 1 aromatic carbocycles. The van der Waals surface area contributed by atoms with Gasteiger partial charge in [0, 0.05) is 15.7 Å². The smallest absolute Gasteiger partial charge is 0.310 e. The molecule has 1 aromatic heterocycles. The fourth-order valence-electron chi connectivity index (χ4n) is 2.15. The summed E-state index contributed by atoms with van der Waals surface area (Å²) in [5.74, 6) is -0.215. The van der Waals surface area contributed by atoms with E-state index in [9.17, 15) is 4.79 Å². The van der Waals surface area contributed by atoms with Gasteiger partial charge < -0.3 is 4.74 Å². The molecule has 0 fully saturated rings. The van der Waals surface area contributed by atoms with Gasteiger partial charge in [0.2, 0.25) is 0 Å². The molecular weight excluding hydrogens is 320 g/mol. The van der Waals surface area contributed by atoms with Crippen LogP contribution in [0.2, 0.25) is 0 Å². The minimum Gasteiger partial charge on any atom is -0.466 e. The molecule has 2 rings (SSSR count). The summed E-state index contributed by atoms with van der Waals surface area (Å²) in [5.41, 5.74) is 3.72. The SMILES string of the molecule is CCOC(=O)Cc1c(C)nn(-c2cccc(Br)c2)c1C. The lowest BCUT2D eigenvalue weighted by molar-refractivity contribution is -0.142. The first-order chi connectivity index (χ1) is 9.52. The predicted molar refractivity (Wildman–Crippen MR) is 81.1 cm³/mol. The Hall–Kier alpha value is -1.62. The van der Waals surface area contributed by atoms with Crippen LogP contribution in [0.1, 0.15) is 23.9 Å². The first kappa shape index (κ1) is 14.8. The minimum absolute atomic E-state index is 0.215. The lowest BCUT2D eigenvalue weighted by atomic mass is 10.1. The van der Waals surface area contributed by atoms with Crippen LogP contribution < -0.4 is 0 Å². The summed E-state index contributed by atoms with van der Waals surface area (Å²) in [6.07, 6.45) is 0.263. The molecule has 2 aromatic rings. The summed E-state index contributed by atoms with van der Waals surface area (Å²) in [4.78, 5) is 11.7. The summed E-state index contributed by atoms with van der Waals surface area (Å²) in [5, 5.41) is 4.52. The summed E-state index contributed by atoms with van der Waals surface area (Å²) < 4.78 is 7.86. The number of rotatable bonds is 4. The maximum Gasteiger partial charge on any atom is 0.310 e. The normalized spacial score (nSPS) is 10.6. The van der Waals surface area contributed by atoms with E-state index in [1.54, 1.807) is 0 Å². The third-order valence-corrected chi connectivity index (χ3v) is 3.61. The maximum atomic E-state index is 11.7. The van der Waals surface area contributed by atoms with Crippen molar-refractivity contribution in [3.8, 4) is 5.69 Å². The number of benzene rings is 1. The van der Waals surface area contributed by atoms with Crippen LogP contribution in [0.15, 0.2) is 28.7 Å². The van der Waals surface area contributed by atoms with Gasteiger partial charge in [0.15, 0.2) is 0 Å². The van der Waals surface area contributed by atoms with Crippen molar-refractivity contribution in [1.29, 1.82) is 0 Å². The Morgan fingerprint density at radius 2 is 2.15 bits per heavy atom. The van der Waals surface area contributed by atoms with Crippen LogP contribution in [0.3, 0.4) is 0 Å². The molecule has 1 heterocycles. The number of carbonyl (C=O) groups excluding carboxylic acids is 1. The molecule has 0 saturated carbocycles. The van der Waals surface area contributed by atoms with E-state index in [0.29, 0.717) is 6.61 Å². The zero-order valence-corrected chi connectivity index (χ0v) is 13.4. The van der Waals surface area contributed by atoms with Crippen LogP contribution in [0.5, 0.6) is 0 Å². The summed E-state index contributed by atoms with van der Waals surface area (Å²) in [7, 11) is 0. The number of aryl methyl sites for hydroxylation is 1. The van der Waals surface area contributed by atoms with Crippen LogP contribution in [0, 0.1) is 13.8 Å². The lowest BCUT2D eigenvalue weighted by Gasteiger charge is -2.06. The van der Waals surface area contributed by atoms with Gasteiger partial charge in [-0.3, -0.25) is 4.79 Å². The van der Waals surface area contributed by atoms with Crippen molar-refractivity contribution < 1.29 is 9.53 Å². The molecule has 106 valence electrons. The van der Waals surface area contributed by atoms with Crippen LogP contribution >= 0.6 is 15.9 Å². The second-order valence-corrected chi connectivity index (χ2v) is 5.44. The minimum atomic E-state index is -0.215. The third-order valence-electron chi connectivity index (χ3n) is 3.12. The molecule has 0 atom stereocenters. The molecule has 0 spiro atoms. The molecule has 4 nitrogen and oxygen atoms in total. The Morgan fingerprint density at radius 1 is 1.40 bits per heavy atom. The first-order valence-corrected chi connectivity index (χ1v) is 7.29. The summed E-state index contributed by atoms with van der Waals surface area (Å²) >= 11 is 3.45. The molecular formula is C15H17BrN2O2. The number of ether oxygens (including phenoxy) is 1. The number of hydrogen-bond donors (Lipinski definition) is 0. The van der Waals surface area contributed by atoms with Gasteiger partial charge >= 0.3 is 5.97 Å². The monoisotopic (exact) mass is 336 g/mol. The van der Waals surface area contributed by atoms with E-state index in [2.05, 4.69) is 21.0 Å². The second-order valence-electron chi connectivity index (χ2n) is 4.52. The van der Waals surface area contributed by atoms with Crippen molar-refractivity contribution in [2.75, 3.05) is 6.61 Å².